The number of carbonyl (C=O) groups excluding carboxylic acids is 3. The molecule has 3 heterocycles. The van der Waals surface area contributed by atoms with Crippen molar-refractivity contribution in [3.8, 4) is 11.8 Å². The highest BCUT2D eigenvalue weighted by molar-refractivity contribution is 6.21. The van der Waals surface area contributed by atoms with E-state index in [1.165, 1.54) is 15.7 Å². The van der Waals surface area contributed by atoms with Crippen LogP contribution in [0.25, 0.3) is 11.2 Å². The molecule has 224 valence electrons. The van der Waals surface area contributed by atoms with Crippen molar-refractivity contribution in [1.29, 1.82) is 0 Å². The van der Waals surface area contributed by atoms with E-state index in [0.717, 1.165) is 23.0 Å². The monoisotopic (exact) mass is 587 g/mol. The molecular weight excluding hydrogens is 554 g/mol. The molecule has 4 aromatic rings. The van der Waals surface area contributed by atoms with E-state index in [2.05, 4.69) is 9.97 Å². The SMILES string of the molecule is CCCCOc1ncc2c(n1)n(Cc1ccc(OCCN3C(=O)c4ccccc4C3=O)cc1)c(=O)n2C(=O)OC(C)(C)C. The summed E-state index contributed by atoms with van der Waals surface area (Å²) < 4.78 is 19.2. The number of hydrogen-bond donors (Lipinski definition) is 0. The first-order valence-electron chi connectivity index (χ1n) is 14.1. The number of fused-ring (bicyclic) bond motifs is 2. The molecule has 5 rings (SSSR count). The van der Waals surface area contributed by atoms with Crippen LogP contribution in [-0.2, 0) is 11.3 Å². The Hall–Kier alpha value is -5.00. The van der Waals surface area contributed by atoms with Crippen LogP contribution < -0.4 is 15.2 Å². The van der Waals surface area contributed by atoms with Gasteiger partial charge in [-0.25, -0.2) is 14.6 Å². The van der Waals surface area contributed by atoms with E-state index in [4.69, 9.17) is 14.2 Å². The number of hydrogen-bond acceptors (Lipinski definition) is 9. The highest BCUT2D eigenvalue weighted by atomic mass is 16.6. The highest BCUT2D eigenvalue weighted by Crippen LogP contribution is 2.23. The molecule has 0 N–H and O–H groups in total. The molecular formula is C31H33N5O7. The maximum absolute atomic E-state index is 13.5. The lowest BCUT2D eigenvalue weighted by Crippen LogP contribution is -2.34. The summed E-state index contributed by atoms with van der Waals surface area (Å²) in [6, 6.07) is 13.8. The number of nitrogens with zero attached hydrogens (tertiary/aromatic N) is 5. The molecule has 0 radical (unpaired) electrons. The lowest BCUT2D eigenvalue weighted by atomic mass is 10.1. The quantitative estimate of drug-likeness (QED) is 0.197. The van der Waals surface area contributed by atoms with Crippen LogP contribution in [0.1, 0.15) is 66.8 Å². The number of amides is 2. The number of carbonyl (C=O) groups is 3. The summed E-state index contributed by atoms with van der Waals surface area (Å²) in [6.07, 6.45) is 2.31. The largest absolute Gasteiger partial charge is 0.492 e. The first-order valence-corrected chi connectivity index (χ1v) is 14.1. The average molecular weight is 588 g/mol. The molecule has 0 bridgehead atoms. The third kappa shape index (κ3) is 6.27. The number of aromatic nitrogens is 4. The molecule has 1 aliphatic rings. The second-order valence-corrected chi connectivity index (χ2v) is 11.0. The standard InChI is InChI=1S/C31H33N5O7/c1-5-6-16-42-28-32-18-24-25(33-28)35(29(39)36(24)30(40)43-31(2,3)4)19-20-11-13-21(14-12-20)41-17-15-34-26(37)22-9-7-8-10-23(22)27(34)38/h7-14,18H,5-6,15-17,19H2,1-4H3. The molecule has 0 fully saturated rings. The van der Waals surface area contributed by atoms with Gasteiger partial charge in [0.2, 0.25) is 0 Å². The number of imide groups is 1. The second kappa shape index (κ2) is 12.1. The van der Waals surface area contributed by atoms with Crippen molar-refractivity contribution >= 4 is 29.1 Å². The summed E-state index contributed by atoms with van der Waals surface area (Å²) in [5, 5.41) is 0. The lowest BCUT2D eigenvalue weighted by Gasteiger charge is -2.19. The molecule has 2 amide bonds. The Morgan fingerprint density at radius 3 is 2.21 bits per heavy atom. The minimum atomic E-state index is -0.827. The van der Waals surface area contributed by atoms with E-state index in [-0.39, 0.29) is 48.7 Å². The minimum Gasteiger partial charge on any atom is -0.492 e. The Bertz CT molecular complexity index is 1700. The molecule has 43 heavy (non-hydrogen) atoms. The van der Waals surface area contributed by atoms with Gasteiger partial charge in [-0.05, 0) is 57.0 Å². The fourth-order valence-corrected chi connectivity index (χ4v) is 4.60. The Balaban J connectivity index is 1.32. The molecule has 12 heteroatoms. The van der Waals surface area contributed by atoms with Crippen molar-refractivity contribution in [2.24, 2.45) is 0 Å². The molecule has 12 nitrogen and oxygen atoms in total. The van der Waals surface area contributed by atoms with Gasteiger partial charge < -0.3 is 14.2 Å². The highest BCUT2D eigenvalue weighted by Gasteiger charge is 2.34. The second-order valence-electron chi connectivity index (χ2n) is 11.0. The van der Waals surface area contributed by atoms with E-state index in [1.807, 2.05) is 6.92 Å². The summed E-state index contributed by atoms with van der Waals surface area (Å²) in [5.74, 6) is -0.144. The molecule has 0 saturated heterocycles. The summed E-state index contributed by atoms with van der Waals surface area (Å²) in [6.45, 7) is 7.94. The number of benzene rings is 2. The normalized spacial score (nSPS) is 13.0. The van der Waals surface area contributed by atoms with Crippen LogP contribution in [0.4, 0.5) is 4.79 Å². The Kier molecular flexibility index (Phi) is 8.29. The van der Waals surface area contributed by atoms with Crippen LogP contribution >= 0.6 is 0 Å². The lowest BCUT2D eigenvalue weighted by molar-refractivity contribution is 0.0535. The third-order valence-electron chi connectivity index (χ3n) is 6.68. The smallest absolute Gasteiger partial charge is 0.423 e. The summed E-state index contributed by atoms with van der Waals surface area (Å²) >= 11 is 0. The van der Waals surface area contributed by atoms with Crippen LogP contribution in [0.2, 0.25) is 0 Å². The van der Waals surface area contributed by atoms with Gasteiger partial charge >= 0.3 is 17.8 Å². The Labute approximate surface area is 247 Å². The van der Waals surface area contributed by atoms with Crippen molar-refractivity contribution in [1.82, 2.24) is 24.0 Å². The van der Waals surface area contributed by atoms with E-state index in [0.29, 0.717) is 23.5 Å². The summed E-state index contributed by atoms with van der Waals surface area (Å²) in [4.78, 5) is 61.4. The number of rotatable bonds is 10. The number of ether oxygens (including phenoxy) is 3. The van der Waals surface area contributed by atoms with Gasteiger partial charge in [0.1, 0.15) is 23.5 Å². The maximum Gasteiger partial charge on any atom is 0.423 e. The van der Waals surface area contributed by atoms with Crippen LogP contribution in [0.3, 0.4) is 0 Å². The van der Waals surface area contributed by atoms with Crippen LogP contribution in [-0.4, -0.2) is 67.3 Å². The van der Waals surface area contributed by atoms with Crippen LogP contribution in [0, 0.1) is 0 Å². The molecule has 0 aliphatic carbocycles. The van der Waals surface area contributed by atoms with Crippen molar-refractivity contribution < 1.29 is 28.6 Å². The molecule has 2 aromatic carbocycles. The van der Waals surface area contributed by atoms with Crippen molar-refractivity contribution in [2.45, 2.75) is 52.7 Å². The topological polar surface area (TPSA) is 135 Å². The van der Waals surface area contributed by atoms with E-state index in [9.17, 15) is 19.2 Å². The zero-order chi connectivity index (χ0) is 30.7. The zero-order valence-electron chi connectivity index (χ0n) is 24.5. The van der Waals surface area contributed by atoms with Crippen LogP contribution in [0.15, 0.2) is 59.5 Å². The van der Waals surface area contributed by atoms with Crippen molar-refractivity contribution in [2.75, 3.05) is 19.8 Å². The molecule has 0 spiro atoms. The van der Waals surface area contributed by atoms with E-state index >= 15 is 0 Å². The minimum absolute atomic E-state index is 0.103. The fraction of sp³-hybridized carbons (Fsp3) is 0.355. The predicted octanol–water partition coefficient (Wildman–Crippen LogP) is 4.28. The Morgan fingerprint density at radius 1 is 0.907 bits per heavy atom. The molecule has 2 aromatic heterocycles. The van der Waals surface area contributed by atoms with Crippen molar-refractivity contribution in [3.05, 3.63) is 81.9 Å². The third-order valence-corrected chi connectivity index (χ3v) is 6.68. The first-order chi connectivity index (χ1) is 20.6. The van der Waals surface area contributed by atoms with Gasteiger partial charge in [-0.3, -0.25) is 19.1 Å². The molecule has 1 aliphatic heterocycles. The van der Waals surface area contributed by atoms with Gasteiger partial charge in [0.05, 0.1) is 37.0 Å². The maximum atomic E-state index is 13.5. The van der Waals surface area contributed by atoms with Gasteiger partial charge in [0.25, 0.3) is 11.8 Å². The first kappa shape index (κ1) is 29.5. The summed E-state index contributed by atoms with van der Waals surface area (Å²) in [7, 11) is 0. The number of imidazole rings is 1. The zero-order valence-corrected chi connectivity index (χ0v) is 24.5. The summed E-state index contributed by atoms with van der Waals surface area (Å²) in [5.41, 5.74) is 0.531. The van der Waals surface area contributed by atoms with Gasteiger partial charge in [-0.2, -0.15) is 9.55 Å². The van der Waals surface area contributed by atoms with Crippen molar-refractivity contribution in [3.63, 3.8) is 0 Å². The fourth-order valence-electron chi connectivity index (χ4n) is 4.60. The van der Waals surface area contributed by atoms with E-state index in [1.54, 1.807) is 69.3 Å². The van der Waals surface area contributed by atoms with Gasteiger partial charge in [0, 0.05) is 0 Å². The van der Waals surface area contributed by atoms with E-state index < -0.39 is 17.4 Å². The Morgan fingerprint density at radius 2 is 1.58 bits per heavy atom. The van der Waals surface area contributed by atoms with Gasteiger partial charge in [0.15, 0.2) is 5.65 Å². The average Bonchev–Trinajstić information content (AvgIpc) is 3.38. The molecule has 0 saturated carbocycles. The molecule has 0 unspecified atom stereocenters. The predicted molar refractivity (Wildman–Crippen MR) is 157 cm³/mol. The number of unbranched alkanes of at least 4 members (excludes halogenated alkanes) is 1. The van der Waals surface area contributed by atoms with Gasteiger partial charge in [-0.15, -0.1) is 0 Å². The van der Waals surface area contributed by atoms with Gasteiger partial charge in [-0.1, -0.05) is 37.6 Å². The van der Waals surface area contributed by atoms with Crippen LogP contribution in [0.5, 0.6) is 11.8 Å². The molecule has 0 atom stereocenters.